The van der Waals surface area contributed by atoms with Crippen LogP contribution in [0.5, 0.6) is 0 Å². The summed E-state index contributed by atoms with van der Waals surface area (Å²) in [6.07, 6.45) is 1.86. The van der Waals surface area contributed by atoms with Gasteiger partial charge in [0.05, 0.1) is 12.6 Å². The molecule has 0 aliphatic heterocycles. The fourth-order valence-corrected chi connectivity index (χ4v) is 2.32. The predicted octanol–water partition coefficient (Wildman–Crippen LogP) is 3.25. The van der Waals surface area contributed by atoms with E-state index in [1.165, 1.54) is 0 Å². The molecule has 1 aromatic rings. The number of nitrogens with zero attached hydrogens (tertiary/aromatic N) is 3. The molecule has 19 heavy (non-hydrogen) atoms. The summed E-state index contributed by atoms with van der Waals surface area (Å²) in [6, 6.07) is 0.258. The van der Waals surface area contributed by atoms with Gasteiger partial charge in [-0.15, -0.1) is 0 Å². The van der Waals surface area contributed by atoms with E-state index in [-0.39, 0.29) is 6.04 Å². The highest BCUT2D eigenvalue weighted by Gasteiger charge is 2.19. The van der Waals surface area contributed by atoms with Crippen molar-refractivity contribution in [1.82, 2.24) is 9.97 Å². The first-order chi connectivity index (χ1) is 9.04. The first-order valence-electron chi connectivity index (χ1n) is 6.83. The molecule has 0 aliphatic rings. The molecule has 108 valence electrons. The Hall–Kier alpha value is -0.870. The van der Waals surface area contributed by atoms with Crippen LogP contribution >= 0.6 is 11.6 Å². The van der Waals surface area contributed by atoms with Crippen molar-refractivity contribution in [2.75, 3.05) is 25.2 Å². The lowest BCUT2D eigenvalue weighted by atomic mass is 10.2. The molecule has 0 spiro atoms. The Balaban J connectivity index is 3.14. The van der Waals surface area contributed by atoms with Crippen molar-refractivity contribution in [1.29, 1.82) is 0 Å². The summed E-state index contributed by atoms with van der Waals surface area (Å²) in [5, 5.41) is 0.552. The molecule has 4 nitrogen and oxygen atoms in total. The summed E-state index contributed by atoms with van der Waals surface area (Å²) in [5.41, 5.74) is 0.936. The van der Waals surface area contributed by atoms with Crippen LogP contribution in [-0.4, -0.2) is 36.3 Å². The van der Waals surface area contributed by atoms with Gasteiger partial charge in [-0.25, -0.2) is 9.97 Å². The van der Waals surface area contributed by atoms with E-state index >= 15 is 0 Å². The van der Waals surface area contributed by atoms with Gasteiger partial charge in [0.25, 0.3) is 0 Å². The Labute approximate surface area is 121 Å². The molecule has 1 rings (SSSR count). The van der Waals surface area contributed by atoms with Gasteiger partial charge in [-0.2, -0.15) is 0 Å². The van der Waals surface area contributed by atoms with Gasteiger partial charge in [0.15, 0.2) is 0 Å². The monoisotopic (exact) mass is 285 g/mol. The van der Waals surface area contributed by atoms with Gasteiger partial charge in [0, 0.05) is 25.6 Å². The van der Waals surface area contributed by atoms with E-state index < -0.39 is 0 Å². The van der Waals surface area contributed by atoms with Crippen LogP contribution in [0.4, 0.5) is 5.82 Å². The molecular formula is C14H24ClN3O. The average Bonchev–Trinajstić information content (AvgIpc) is 2.36. The highest BCUT2D eigenvalue weighted by Crippen LogP contribution is 2.25. The van der Waals surface area contributed by atoms with E-state index in [0.717, 1.165) is 36.6 Å². The van der Waals surface area contributed by atoms with Crippen molar-refractivity contribution in [3.8, 4) is 0 Å². The lowest BCUT2D eigenvalue weighted by molar-refractivity contribution is 0.181. The van der Waals surface area contributed by atoms with Gasteiger partial charge in [-0.05, 0) is 27.2 Å². The number of anilines is 1. The maximum absolute atomic E-state index is 6.23. The van der Waals surface area contributed by atoms with Gasteiger partial charge in [0.2, 0.25) is 0 Å². The minimum atomic E-state index is 0.258. The van der Waals surface area contributed by atoms with Crippen molar-refractivity contribution < 1.29 is 4.74 Å². The molecule has 1 atom stereocenters. The molecule has 5 heteroatoms. The number of hydrogen-bond acceptors (Lipinski definition) is 4. The Morgan fingerprint density at radius 1 is 1.32 bits per heavy atom. The number of methoxy groups -OCH3 is 1. The van der Waals surface area contributed by atoms with Gasteiger partial charge in [-0.3, -0.25) is 0 Å². The normalized spacial score (nSPS) is 12.5. The van der Waals surface area contributed by atoms with Gasteiger partial charge >= 0.3 is 0 Å². The van der Waals surface area contributed by atoms with Gasteiger partial charge < -0.3 is 9.64 Å². The second-order valence-corrected chi connectivity index (χ2v) is 5.08. The minimum absolute atomic E-state index is 0.258. The lowest BCUT2D eigenvalue weighted by Crippen LogP contribution is -2.37. The van der Waals surface area contributed by atoms with Crippen LogP contribution in [0.25, 0.3) is 0 Å². The topological polar surface area (TPSA) is 38.2 Å². The van der Waals surface area contributed by atoms with E-state index in [2.05, 4.69) is 35.6 Å². The van der Waals surface area contributed by atoms with Gasteiger partial charge in [-0.1, -0.05) is 18.5 Å². The fourth-order valence-electron chi connectivity index (χ4n) is 2.14. The number of aromatic nitrogens is 2. The molecule has 0 saturated carbocycles. The molecule has 0 N–H and O–H groups in total. The van der Waals surface area contributed by atoms with Crippen LogP contribution in [0.3, 0.4) is 0 Å². The average molecular weight is 286 g/mol. The maximum Gasteiger partial charge on any atom is 0.137 e. The van der Waals surface area contributed by atoms with Crippen LogP contribution in [-0.2, 0) is 11.2 Å². The zero-order valence-electron chi connectivity index (χ0n) is 12.5. The highest BCUT2D eigenvalue weighted by atomic mass is 35.5. The van der Waals surface area contributed by atoms with E-state index in [1.54, 1.807) is 7.11 Å². The summed E-state index contributed by atoms with van der Waals surface area (Å²) in [6.45, 7) is 9.85. The molecule has 0 saturated heterocycles. The molecular weight excluding hydrogens is 262 g/mol. The van der Waals surface area contributed by atoms with E-state index in [9.17, 15) is 0 Å². The number of halogens is 1. The summed E-state index contributed by atoms with van der Waals surface area (Å²) in [4.78, 5) is 11.2. The molecule has 1 aromatic heterocycles. The summed E-state index contributed by atoms with van der Waals surface area (Å²) < 4.78 is 5.24. The number of rotatable bonds is 7. The number of likely N-dealkylation sites (N-methyl/N-ethyl adjacent to an activating group) is 1. The van der Waals surface area contributed by atoms with Crippen molar-refractivity contribution >= 4 is 17.4 Å². The quantitative estimate of drug-likeness (QED) is 0.721. The molecule has 0 aliphatic carbocycles. The fraction of sp³-hybridized carbons (Fsp3) is 0.714. The maximum atomic E-state index is 6.23. The molecule has 1 heterocycles. The second-order valence-electron chi connectivity index (χ2n) is 4.72. The zero-order valence-corrected chi connectivity index (χ0v) is 13.3. The Morgan fingerprint density at radius 2 is 2.00 bits per heavy atom. The lowest BCUT2D eigenvalue weighted by Gasteiger charge is -2.30. The third-order valence-electron chi connectivity index (χ3n) is 3.13. The highest BCUT2D eigenvalue weighted by molar-refractivity contribution is 6.30. The SMILES string of the molecule is CCCc1nc(Cl)c(C)c(N(CC)C(C)COC)n1. The summed E-state index contributed by atoms with van der Waals surface area (Å²) in [5.74, 6) is 1.74. The van der Waals surface area contributed by atoms with Crippen LogP contribution in [0, 0.1) is 6.92 Å². The van der Waals surface area contributed by atoms with Crippen molar-refractivity contribution in [2.45, 2.75) is 46.6 Å². The van der Waals surface area contributed by atoms with E-state index in [4.69, 9.17) is 16.3 Å². The Kier molecular flexibility index (Phi) is 6.52. The zero-order chi connectivity index (χ0) is 14.4. The number of aryl methyl sites for hydroxylation is 1. The first kappa shape index (κ1) is 16.2. The third-order valence-corrected chi connectivity index (χ3v) is 3.50. The smallest absolute Gasteiger partial charge is 0.137 e. The largest absolute Gasteiger partial charge is 0.383 e. The van der Waals surface area contributed by atoms with Crippen LogP contribution < -0.4 is 4.90 Å². The molecule has 0 fully saturated rings. The molecule has 0 bridgehead atoms. The van der Waals surface area contributed by atoms with Gasteiger partial charge in [0.1, 0.15) is 16.8 Å². The predicted molar refractivity (Wildman–Crippen MR) is 80.1 cm³/mol. The number of ether oxygens (including phenoxy) is 1. The molecule has 0 aromatic carbocycles. The molecule has 0 radical (unpaired) electrons. The first-order valence-corrected chi connectivity index (χ1v) is 7.21. The van der Waals surface area contributed by atoms with E-state index in [0.29, 0.717) is 11.8 Å². The summed E-state index contributed by atoms with van der Waals surface area (Å²) >= 11 is 6.23. The molecule has 1 unspecified atom stereocenters. The van der Waals surface area contributed by atoms with E-state index in [1.807, 2.05) is 6.92 Å². The minimum Gasteiger partial charge on any atom is -0.383 e. The van der Waals surface area contributed by atoms with Crippen molar-refractivity contribution in [3.05, 3.63) is 16.5 Å². The summed E-state index contributed by atoms with van der Waals surface area (Å²) in [7, 11) is 1.71. The van der Waals surface area contributed by atoms with Crippen LogP contribution in [0.1, 0.15) is 38.6 Å². The van der Waals surface area contributed by atoms with Crippen LogP contribution in [0.15, 0.2) is 0 Å². The second kappa shape index (κ2) is 7.65. The Morgan fingerprint density at radius 3 is 2.53 bits per heavy atom. The standard InChI is InChI=1S/C14H24ClN3O/c1-6-8-12-16-13(15)11(4)14(17-12)18(7-2)10(3)9-19-5/h10H,6-9H2,1-5H3. The van der Waals surface area contributed by atoms with Crippen LogP contribution in [0.2, 0.25) is 5.15 Å². The third kappa shape index (κ3) is 4.05. The number of hydrogen-bond donors (Lipinski definition) is 0. The van der Waals surface area contributed by atoms with Crippen molar-refractivity contribution in [3.63, 3.8) is 0 Å². The Bertz CT molecular complexity index is 412. The molecule has 0 amide bonds. The van der Waals surface area contributed by atoms with Crippen molar-refractivity contribution in [2.24, 2.45) is 0 Å².